The Kier molecular flexibility index (Phi) is 5.30. The number of hydrogen-bond donors (Lipinski definition) is 3. The number of nitro benzene ring substituents is 1. The number of rotatable bonds is 6. The van der Waals surface area contributed by atoms with Gasteiger partial charge < -0.3 is 15.6 Å². The second-order valence-corrected chi connectivity index (χ2v) is 7.37. The smallest absolute Gasteiger partial charge is 0.325 e. The number of aromatic nitrogens is 1. The minimum absolute atomic E-state index is 0.0720. The summed E-state index contributed by atoms with van der Waals surface area (Å²) in [5, 5.41) is 16.9. The largest absolute Gasteiger partial charge is 0.361 e. The van der Waals surface area contributed by atoms with Crippen LogP contribution in [0.5, 0.6) is 0 Å². The molecule has 1 unspecified atom stereocenters. The molecule has 0 radical (unpaired) electrons. The van der Waals surface area contributed by atoms with Crippen molar-refractivity contribution in [1.29, 1.82) is 0 Å². The maximum atomic E-state index is 12.7. The molecule has 1 saturated heterocycles. The van der Waals surface area contributed by atoms with Gasteiger partial charge in [0.05, 0.1) is 4.92 Å². The standard InChI is InChI=1S/C20H16ClN5O5/c21-14-6-5-12(8-17(14)26(30)31)23-18(27)10-25-19(28)16(24-20(25)29)7-11-9-22-15-4-2-1-3-13(11)15/h1-6,8-9,16,22H,7,10H2,(H,23,27)(H,24,29). The summed E-state index contributed by atoms with van der Waals surface area (Å²) in [6.45, 7) is -0.522. The van der Waals surface area contributed by atoms with E-state index < -0.39 is 35.4 Å². The first-order chi connectivity index (χ1) is 14.8. The molecule has 158 valence electrons. The van der Waals surface area contributed by atoms with Gasteiger partial charge in [-0.25, -0.2) is 4.79 Å². The summed E-state index contributed by atoms with van der Waals surface area (Å²) in [7, 11) is 0. The molecule has 3 aromatic rings. The summed E-state index contributed by atoms with van der Waals surface area (Å²) in [6, 6.07) is 9.89. The Hall–Kier alpha value is -3.92. The number of fused-ring (bicyclic) bond motifs is 1. The maximum absolute atomic E-state index is 12.7. The van der Waals surface area contributed by atoms with Crippen molar-refractivity contribution < 1.29 is 19.3 Å². The Balaban J connectivity index is 1.43. The van der Waals surface area contributed by atoms with Crippen LogP contribution in [0.15, 0.2) is 48.7 Å². The van der Waals surface area contributed by atoms with Crippen LogP contribution in [0, 0.1) is 10.1 Å². The molecular weight excluding hydrogens is 426 g/mol. The van der Waals surface area contributed by atoms with Crippen LogP contribution in [0.3, 0.4) is 0 Å². The highest BCUT2D eigenvalue weighted by Crippen LogP contribution is 2.27. The lowest BCUT2D eigenvalue weighted by molar-refractivity contribution is -0.384. The van der Waals surface area contributed by atoms with Gasteiger partial charge in [0.2, 0.25) is 5.91 Å². The third-order valence-electron chi connectivity index (χ3n) is 4.93. The monoisotopic (exact) mass is 441 g/mol. The van der Waals surface area contributed by atoms with E-state index in [1.165, 1.54) is 12.1 Å². The fraction of sp³-hybridized carbons (Fsp3) is 0.150. The normalized spacial score (nSPS) is 15.9. The van der Waals surface area contributed by atoms with Crippen molar-refractivity contribution in [2.24, 2.45) is 0 Å². The van der Waals surface area contributed by atoms with E-state index in [9.17, 15) is 24.5 Å². The van der Waals surface area contributed by atoms with E-state index in [0.717, 1.165) is 27.4 Å². The summed E-state index contributed by atoms with van der Waals surface area (Å²) in [4.78, 5) is 51.5. The Labute approximate surface area is 180 Å². The lowest BCUT2D eigenvalue weighted by Gasteiger charge is -2.13. The van der Waals surface area contributed by atoms with Crippen LogP contribution in [0.25, 0.3) is 10.9 Å². The average molecular weight is 442 g/mol. The van der Waals surface area contributed by atoms with Crippen molar-refractivity contribution in [3.63, 3.8) is 0 Å². The molecule has 4 amide bonds. The SMILES string of the molecule is O=C(CN1C(=O)NC(Cc2c[nH]c3ccccc23)C1=O)Nc1ccc(Cl)c([N+](=O)[O-])c1. The minimum Gasteiger partial charge on any atom is -0.361 e. The van der Waals surface area contributed by atoms with Crippen molar-refractivity contribution in [1.82, 2.24) is 15.2 Å². The number of aromatic amines is 1. The molecule has 0 spiro atoms. The number of imide groups is 1. The highest BCUT2D eigenvalue weighted by molar-refractivity contribution is 6.32. The first kappa shape index (κ1) is 20.4. The molecule has 1 aliphatic heterocycles. The van der Waals surface area contributed by atoms with Gasteiger partial charge in [-0.2, -0.15) is 0 Å². The first-order valence-corrected chi connectivity index (χ1v) is 9.62. The topological polar surface area (TPSA) is 137 Å². The van der Waals surface area contributed by atoms with Crippen molar-refractivity contribution in [3.8, 4) is 0 Å². The molecule has 10 nitrogen and oxygen atoms in total. The van der Waals surface area contributed by atoms with Crippen LogP contribution >= 0.6 is 11.6 Å². The lowest BCUT2D eigenvalue weighted by Crippen LogP contribution is -2.38. The zero-order valence-corrected chi connectivity index (χ0v) is 16.7. The lowest BCUT2D eigenvalue weighted by atomic mass is 10.1. The second-order valence-electron chi connectivity index (χ2n) is 6.96. The Morgan fingerprint density at radius 3 is 2.77 bits per heavy atom. The number of nitro groups is 1. The first-order valence-electron chi connectivity index (χ1n) is 9.24. The van der Waals surface area contributed by atoms with E-state index in [2.05, 4.69) is 15.6 Å². The van der Waals surface area contributed by atoms with Crippen LogP contribution in [-0.2, 0) is 16.0 Å². The van der Waals surface area contributed by atoms with Gasteiger partial charge in [0, 0.05) is 35.3 Å². The molecule has 1 fully saturated rings. The maximum Gasteiger partial charge on any atom is 0.325 e. The molecule has 11 heteroatoms. The second kappa shape index (κ2) is 8.07. The summed E-state index contributed by atoms with van der Waals surface area (Å²) >= 11 is 5.75. The van der Waals surface area contributed by atoms with Crippen molar-refractivity contribution in [2.75, 3.05) is 11.9 Å². The highest BCUT2D eigenvalue weighted by Gasteiger charge is 2.39. The van der Waals surface area contributed by atoms with Crippen LogP contribution in [0.4, 0.5) is 16.2 Å². The zero-order chi connectivity index (χ0) is 22.1. The fourth-order valence-electron chi connectivity index (χ4n) is 3.46. The van der Waals surface area contributed by atoms with E-state index >= 15 is 0 Å². The zero-order valence-electron chi connectivity index (χ0n) is 15.9. The molecule has 2 aromatic carbocycles. The number of carbonyl (C=O) groups excluding carboxylic acids is 3. The van der Waals surface area contributed by atoms with E-state index in [0.29, 0.717) is 0 Å². The number of para-hydroxylation sites is 1. The third kappa shape index (κ3) is 4.05. The van der Waals surface area contributed by atoms with Crippen molar-refractivity contribution >= 4 is 51.7 Å². The van der Waals surface area contributed by atoms with Crippen LogP contribution < -0.4 is 10.6 Å². The molecule has 3 N–H and O–H groups in total. The Bertz CT molecular complexity index is 1220. The van der Waals surface area contributed by atoms with E-state index in [1.54, 1.807) is 6.20 Å². The van der Waals surface area contributed by atoms with Gasteiger partial charge in [-0.1, -0.05) is 29.8 Å². The number of nitrogens with one attached hydrogen (secondary N) is 3. The number of anilines is 1. The van der Waals surface area contributed by atoms with Gasteiger partial charge in [-0.3, -0.25) is 24.6 Å². The van der Waals surface area contributed by atoms with Crippen LogP contribution in [-0.4, -0.2) is 45.2 Å². The number of halogens is 1. The van der Waals surface area contributed by atoms with Crippen molar-refractivity contribution in [2.45, 2.75) is 12.5 Å². The summed E-state index contributed by atoms with van der Waals surface area (Å²) in [5.74, 6) is -1.19. The highest BCUT2D eigenvalue weighted by atomic mass is 35.5. The Morgan fingerprint density at radius 2 is 2.00 bits per heavy atom. The summed E-state index contributed by atoms with van der Waals surface area (Å²) in [6.07, 6.45) is 2.06. The molecule has 0 saturated carbocycles. The molecule has 4 rings (SSSR count). The van der Waals surface area contributed by atoms with E-state index in [4.69, 9.17) is 11.6 Å². The minimum atomic E-state index is -0.795. The number of H-pyrrole nitrogens is 1. The molecule has 31 heavy (non-hydrogen) atoms. The molecular formula is C20H16ClN5O5. The van der Waals surface area contributed by atoms with Gasteiger partial charge in [-0.05, 0) is 23.8 Å². The number of carbonyl (C=O) groups is 3. The number of urea groups is 1. The molecule has 1 aliphatic rings. The molecule has 1 aromatic heterocycles. The predicted molar refractivity (Wildman–Crippen MR) is 113 cm³/mol. The quantitative estimate of drug-likeness (QED) is 0.307. The average Bonchev–Trinajstić information content (AvgIpc) is 3.25. The molecule has 1 atom stereocenters. The van der Waals surface area contributed by atoms with E-state index in [1.807, 2.05) is 24.3 Å². The molecule has 0 aliphatic carbocycles. The fourth-order valence-corrected chi connectivity index (χ4v) is 3.65. The van der Waals surface area contributed by atoms with Gasteiger partial charge in [-0.15, -0.1) is 0 Å². The number of hydrogen-bond acceptors (Lipinski definition) is 5. The Morgan fingerprint density at radius 1 is 1.23 bits per heavy atom. The summed E-state index contributed by atoms with van der Waals surface area (Å²) < 4.78 is 0. The van der Waals surface area contributed by atoms with Gasteiger partial charge in [0.1, 0.15) is 17.6 Å². The number of benzene rings is 2. The summed E-state index contributed by atoms with van der Waals surface area (Å²) in [5.41, 5.74) is 1.55. The molecule has 0 bridgehead atoms. The van der Waals surface area contributed by atoms with Crippen LogP contribution in [0.2, 0.25) is 5.02 Å². The van der Waals surface area contributed by atoms with Crippen LogP contribution in [0.1, 0.15) is 5.56 Å². The number of nitrogens with zero attached hydrogens (tertiary/aromatic N) is 2. The van der Waals surface area contributed by atoms with Gasteiger partial charge in [0.25, 0.3) is 11.6 Å². The molecule has 2 heterocycles. The third-order valence-corrected chi connectivity index (χ3v) is 5.25. The van der Waals surface area contributed by atoms with Gasteiger partial charge in [0.15, 0.2) is 0 Å². The van der Waals surface area contributed by atoms with Crippen molar-refractivity contribution in [3.05, 3.63) is 69.4 Å². The predicted octanol–water partition coefficient (Wildman–Crippen LogP) is 2.83. The van der Waals surface area contributed by atoms with E-state index in [-0.39, 0.29) is 22.8 Å². The van der Waals surface area contributed by atoms with Gasteiger partial charge >= 0.3 is 6.03 Å². The number of amides is 4.